The average molecular weight is 268 g/mol. The summed E-state index contributed by atoms with van der Waals surface area (Å²) >= 11 is 7.76. The van der Waals surface area contributed by atoms with E-state index < -0.39 is 0 Å². The number of aromatic nitrogens is 2. The first-order valence-electron chi connectivity index (χ1n) is 5.74. The molecule has 1 aliphatic carbocycles. The van der Waals surface area contributed by atoms with E-state index in [1.54, 1.807) is 11.3 Å². The Balaban J connectivity index is 1.69. The largest absolute Gasteiger partial charge is 0.306 e. The molecule has 2 aromatic rings. The molecule has 0 amide bonds. The highest BCUT2D eigenvalue weighted by Crippen LogP contribution is 2.39. The predicted molar refractivity (Wildman–Crippen MR) is 70.6 cm³/mol. The van der Waals surface area contributed by atoms with Crippen molar-refractivity contribution in [3.8, 4) is 0 Å². The van der Waals surface area contributed by atoms with Crippen LogP contribution in [0.15, 0.2) is 12.3 Å². The van der Waals surface area contributed by atoms with Crippen LogP contribution in [0.3, 0.4) is 0 Å². The Morgan fingerprint density at radius 3 is 3.29 bits per heavy atom. The molecule has 0 saturated carbocycles. The lowest BCUT2D eigenvalue weighted by Gasteiger charge is -2.12. The lowest BCUT2D eigenvalue weighted by atomic mass is 10.1. The van der Waals surface area contributed by atoms with Gasteiger partial charge < -0.3 is 5.32 Å². The number of nitrogens with one attached hydrogen (secondary N) is 2. The zero-order chi connectivity index (χ0) is 11.8. The molecule has 2 aromatic heterocycles. The number of aryl methyl sites for hydroxylation is 2. The molecule has 0 aliphatic heterocycles. The Bertz CT molecular complexity index is 532. The van der Waals surface area contributed by atoms with Crippen molar-refractivity contribution in [3.63, 3.8) is 0 Å². The standard InChI is InChI=1S/C12H14ClN3S/c1-7-8(6-15-16-7)5-14-10-2-3-11-9(10)4-12(13)17-11/h4,6,10,14H,2-3,5H2,1H3,(H,15,16). The summed E-state index contributed by atoms with van der Waals surface area (Å²) in [7, 11) is 0. The van der Waals surface area contributed by atoms with E-state index in [9.17, 15) is 0 Å². The van der Waals surface area contributed by atoms with E-state index in [0.29, 0.717) is 6.04 Å². The lowest BCUT2D eigenvalue weighted by Crippen LogP contribution is -2.18. The van der Waals surface area contributed by atoms with E-state index in [4.69, 9.17) is 11.6 Å². The van der Waals surface area contributed by atoms with Crippen molar-refractivity contribution >= 4 is 22.9 Å². The molecular weight excluding hydrogens is 254 g/mol. The zero-order valence-electron chi connectivity index (χ0n) is 9.59. The molecule has 5 heteroatoms. The fourth-order valence-electron chi connectivity index (χ4n) is 2.33. The SMILES string of the molecule is Cc1[nH]ncc1CNC1CCc2sc(Cl)cc21. The minimum atomic E-state index is 0.447. The van der Waals surface area contributed by atoms with Crippen molar-refractivity contribution < 1.29 is 0 Å². The van der Waals surface area contributed by atoms with Gasteiger partial charge >= 0.3 is 0 Å². The highest BCUT2D eigenvalue weighted by Gasteiger charge is 2.24. The third kappa shape index (κ3) is 2.12. The molecule has 1 unspecified atom stereocenters. The maximum atomic E-state index is 6.04. The second kappa shape index (κ2) is 4.44. The van der Waals surface area contributed by atoms with E-state index >= 15 is 0 Å². The van der Waals surface area contributed by atoms with Crippen LogP contribution in [-0.2, 0) is 13.0 Å². The summed E-state index contributed by atoms with van der Waals surface area (Å²) in [6, 6.07) is 2.55. The third-order valence-electron chi connectivity index (χ3n) is 3.32. The number of aromatic amines is 1. The van der Waals surface area contributed by atoms with E-state index in [1.807, 2.05) is 13.1 Å². The van der Waals surface area contributed by atoms with Crippen molar-refractivity contribution in [1.29, 1.82) is 0 Å². The van der Waals surface area contributed by atoms with E-state index in [0.717, 1.165) is 23.0 Å². The van der Waals surface area contributed by atoms with Gasteiger partial charge in [-0.25, -0.2) is 0 Å². The van der Waals surface area contributed by atoms with Crippen molar-refractivity contribution in [3.05, 3.63) is 38.3 Å². The molecule has 17 heavy (non-hydrogen) atoms. The number of rotatable bonds is 3. The van der Waals surface area contributed by atoms with Crippen molar-refractivity contribution in [2.75, 3.05) is 0 Å². The normalized spacial score (nSPS) is 18.6. The van der Waals surface area contributed by atoms with Crippen molar-refractivity contribution in [1.82, 2.24) is 15.5 Å². The second-order valence-electron chi connectivity index (χ2n) is 4.42. The summed E-state index contributed by atoms with van der Waals surface area (Å²) in [5.74, 6) is 0. The highest BCUT2D eigenvalue weighted by molar-refractivity contribution is 7.16. The predicted octanol–water partition coefficient (Wildman–Crippen LogP) is 3.21. The Morgan fingerprint density at radius 2 is 2.53 bits per heavy atom. The molecule has 90 valence electrons. The molecule has 0 aromatic carbocycles. The number of H-pyrrole nitrogens is 1. The summed E-state index contributed by atoms with van der Waals surface area (Å²) in [5, 5.41) is 10.6. The molecule has 1 aliphatic rings. The van der Waals surface area contributed by atoms with Crippen molar-refractivity contribution in [2.45, 2.75) is 32.4 Å². The van der Waals surface area contributed by atoms with Gasteiger partial charge in [0.25, 0.3) is 0 Å². The van der Waals surface area contributed by atoms with E-state index in [1.165, 1.54) is 22.4 Å². The van der Waals surface area contributed by atoms with Crippen LogP contribution in [-0.4, -0.2) is 10.2 Å². The third-order valence-corrected chi connectivity index (χ3v) is 4.66. The first-order valence-corrected chi connectivity index (χ1v) is 6.94. The van der Waals surface area contributed by atoms with Crippen LogP contribution < -0.4 is 5.32 Å². The van der Waals surface area contributed by atoms with Gasteiger partial charge in [-0.1, -0.05) is 11.6 Å². The number of halogens is 1. The molecule has 3 nitrogen and oxygen atoms in total. The summed E-state index contributed by atoms with van der Waals surface area (Å²) in [5.41, 5.74) is 3.76. The lowest BCUT2D eigenvalue weighted by molar-refractivity contribution is 0.529. The van der Waals surface area contributed by atoms with Crippen LogP contribution in [0.5, 0.6) is 0 Å². The van der Waals surface area contributed by atoms with Gasteiger partial charge in [0, 0.05) is 28.7 Å². The van der Waals surface area contributed by atoms with Gasteiger partial charge in [-0.3, -0.25) is 5.10 Å². The number of thiophene rings is 1. The van der Waals surface area contributed by atoms with Gasteiger partial charge in [-0.15, -0.1) is 11.3 Å². The Labute approximate surface area is 109 Å². The second-order valence-corrected chi connectivity index (χ2v) is 6.19. The molecule has 0 spiro atoms. The molecule has 0 bridgehead atoms. The van der Waals surface area contributed by atoms with E-state index in [2.05, 4.69) is 21.6 Å². The molecular formula is C12H14ClN3S. The maximum Gasteiger partial charge on any atom is 0.0934 e. The Kier molecular flexibility index (Phi) is 2.94. The topological polar surface area (TPSA) is 40.7 Å². The smallest absolute Gasteiger partial charge is 0.0934 e. The van der Waals surface area contributed by atoms with Gasteiger partial charge in [0.15, 0.2) is 0 Å². The molecule has 1 atom stereocenters. The number of hydrogen-bond donors (Lipinski definition) is 2. The molecule has 0 saturated heterocycles. The zero-order valence-corrected chi connectivity index (χ0v) is 11.2. The number of fused-ring (bicyclic) bond motifs is 1. The molecule has 0 radical (unpaired) electrons. The average Bonchev–Trinajstić information content (AvgIpc) is 2.93. The van der Waals surface area contributed by atoms with Gasteiger partial charge in [-0.05, 0) is 31.4 Å². The number of hydrogen-bond acceptors (Lipinski definition) is 3. The number of nitrogens with zero attached hydrogens (tertiary/aromatic N) is 1. The minimum Gasteiger partial charge on any atom is -0.306 e. The van der Waals surface area contributed by atoms with Crippen LogP contribution in [0, 0.1) is 6.92 Å². The quantitative estimate of drug-likeness (QED) is 0.897. The summed E-state index contributed by atoms with van der Waals surface area (Å²) in [4.78, 5) is 1.44. The van der Waals surface area contributed by atoms with Gasteiger partial charge in [0.1, 0.15) is 0 Å². The van der Waals surface area contributed by atoms with Crippen LogP contribution in [0.2, 0.25) is 4.34 Å². The summed E-state index contributed by atoms with van der Waals surface area (Å²) in [6.45, 7) is 2.91. The molecule has 3 rings (SSSR count). The van der Waals surface area contributed by atoms with E-state index in [-0.39, 0.29) is 0 Å². The fraction of sp³-hybridized carbons (Fsp3) is 0.417. The summed E-state index contributed by atoms with van der Waals surface area (Å²) in [6.07, 6.45) is 4.21. The highest BCUT2D eigenvalue weighted by atomic mass is 35.5. The van der Waals surface area contributed by atoms with Crippen LogP contribution in [0.25, 0.3) is 0 Å². The monoisotopic (exact) mass is 267 g/mol. The van der Waals surface area contributed by atoms with Crippen LogP contribution in [0.1, 0.15) is 34.2 Å². The minimum absolute atomic E-state index is 0.447. The van der Waals surface area contributed by atoms with Gasteiger partial charge in [-0.2, -0.15) is 5.10 Å². The van der Waals surface area contributed by atoms with Crippen LogP contribution >= 0.6 is 22.9 Å². The molecule has 2 heterocycles. The molecule has 2 N–H and O–H groups in total. The molecule has 0 fully saturated rings. The fourth-order valence-corrected chi connectivity index (χ4v) is 3.69. The maximum absolute atomic E-state index is 6.04. The van der Waals surface area contributed by atoms with Crippen LogP contribution in [0.4, 0.5) is 0 Å². The Morgan fingerprint density at radius 1 is 1.65 bits per heavy atom. The summed E-state index contributed by atoms with van der Waals surface area (Å²) < 4.78 is 0.904. The van der Waals surface area contributed by atoms with Crippen molar-refractivity contribution in [2.24, 2.45) is 0 Å². The first-order chi connectivity index (χ1) is 8.24. The van der Waals surface area contributed by atoms with Gasteiger partial charge in [0.05, 0.1) is 10.5 Å². The Hall–Kier alpha value is -0.840. The first kappa shape index (κ1) is 11.3. The van der Waals surface area contributed by atoms with Gasteiger partial charge in [0.2, 0.25) is 0 Å².